The Hall–Kier alpha value is -2.75. The number of morpholine rings is 1. The number of ether oxygens (including phenoxy) is 1. The number of fused-ring (bicyclic) bond motifs is 1. The number of nitrogens with one attached hydrogen (secondary N) is 1. The Labute approximate surface area is 174 Å². The van der Waals surface area contributed by atoms with Crippen LogP contribution in [-0.2, 0) is 26.0 Å². The van der Waals surface area contributed by atoms with Gasteiger partial charge in [-0.25, -0.2) is 8.42 Å². The second kappa shape index (κ2) is 8.17. The van der Waals surface area contributed by atoms with Crippen molar-refractivity contribution in [2.45, 2.75) is 25.2 Å². The molecular formula is C21H23N3O5S. The average Bonchev–Trinajstić information content (AvgIpc) is 3.11. The maximum atomic E-state index is 12.7. The number of carbonyl (C=O) groups is 1. The van der Waals surface area contributed by atoms with Crippen LogP contribution < -0.4 is 5.32 Å². The van der Waals surface area contributed by atoms with Gasteiger partial charge in [0.2, 0.25) is 15.9 Å². The quantitative estimate of drug-likeness (QED) is 0.669. The van der Waals surface area contributed by atoms with E-state index in [0.717, 1.165) is 16.5 Å². The van der Waals surface area contributed by atoms with Crippen LogP contribution in [0.5, 0.6) is 0 Å². The Morgan fingerprint density at radius 2 is 1.83 bits per heavy atom. The number of nitrogens with zero attached hydrogens (tertiary/aromatic N) is 2. The lowest BCUT2D eigenvalue weighted by atomic mass is 10.0. The predicted molar refractivity (Wildman–Crippen MR) is 112 cm³/mol. The third-order valence-electron chi connectivity index (χ3n) is 5.06. The Balaban J connectivity index is 1.45. The monoisotopic (exact) mass is 429 g/mol. The molecule has 2 heterocycles. The first kappa shape index (κ1) is 20.5. The zero-order valence-corrected chi connectivity index (χ0v) is 17.7. The Bertz CT molecular complexity index is 1180. The van der Waals surface area contributed by atoms with Crippen molar-refractivity contribution in [1.82, 2.24) is 9.46 Å². The lowest BCUT2D eigenvalue weighted by Gasteiger charge is -2.26. The fourth-order valence-corrected chi connectivity index (χ4v) is 5.05. The van der Waals surface area contributed by atoms with Crippen LogP contribution in [0.15, 0.2) is 45.8 Å². The summed E-state index contributed by atoms with van der Waals surface area (Å²) in [5.41, 5.74) is 3.83. The van der Waals surface area contributed by atoms with Crippen molar-refractivity contribution in [3.05, 3.63) is 53.2 Å². The Morgan fingerprint density at radius 3 is 2.53 bits per heavy atom. The highest BCUT2D eigenvalue weighted by Gasteiger charge is 2.26. The van der Waals surface area contributed by atoms with Gasteiger partial charge in [-0.15, -0.1) is 0 Å². The molecule has 2 aromatic carbocycles. The standard InChI is InChI=1S/C21H23N3O5S/c1-14-11-15(2)21-18(23-29-19(21)12-14)13-20(25)22-16-3-5-17(6-4-16)30(26,27)24-7-9-28-10-8-24/h3-6,11-12H,7-10,13H2,1-2H3,(H,22,25). The number of amides is 1. The summed E-state index contributed by atoms with van der Waals surface area (Å²) >= 11 is 0. The number of aromatic nitrogens is 1. The number of aryl methyl sites for hydroxylation is 2. The van der Waals surface area contributed by atoms with Crippen molar-refractivity contribution < 1.29 is 22.5 Å². The van der Waals surface area contributed by atoms with E-state index in [4.69, 9.17) is 9.26 Å². The molecule has 0 spiro atoms. The zero-order chi connectivity index (χ0) is 21.3. The van der Waals surface area contributed by atoms with Gasteiger partial charge in [0.15, 0.2) is 5.58 Å². The molecule has 0 atom stereocenters. The topological polar surface area (TPSA) is 102 Å². The molecule has 1 N–H and O–H groups in total. The first-order valence-electron chi connectivity index (χ1n) is 9.68. The Kier molecular flexibility index (Phi) is 5.59. The van der Waals surface area contributed by atoms with Crippen molar-refractivity contribution >= 4 is 32.6 Å². The van der Waals surface area contributed by atoms with Crippen LogP contribution in [0.2, 0.25) is 0 Å². The smallest absolute Gasteiger partial charge is 0.243 e. The summed E-state index contributed by atoms with van der Waals surface area (Å²) in [4.78, 5) is 12.7. The van der Waals surface area contributed by atoms with Gasteiger partial charge in [0, 0.05) is 24.2 Å². The molecule has 158 valence electrons. The van der Waals surface area contributed by atoms with E-state index in [1.165, 1.54) is 16.4 Å². The lowest BCUT2D eigenvalue weighted by molar-refractivity contribution is -0.115. The zero-order valence-electron chi connectivity index (χ0n) is 16.8. The molecule has 0 bridgehead atoms. The molecule has 1 amide bonds. The van der Waals surface area contributed by atoms with E-state index in [2.05, 4.69) is 10.5 Å². The molecule has 0 saturated carbocycles. The molecule has 9 heteroatoms. The minimum atomic E-state index is -3.56. The van der Waals surface area contributed by atoms with Crippen LogP contribution in [0.3, 0.4) is 0 Å². The molecule has 0 unspecified atom stereocenters. The minimum Gasteiger partial charge on any atom is -0.379 e. The summed E-state index contributed by atoms with van der Waals surface area (Å²) in [6, 6.07) is 10.1. The molecule has 0 aliphatic carbocycles. The van der Waals surface area contributed by atoms with Crippen molar-refractivity contribution in [1.29, 1.82) is 0 Å². The van der Waals surface area contributed by atoms with Crippen molar-refractivity contribution in [3.63, 3.8) is 0 Å². The maximum Gasteiger partial charge on any atom is 0.243 e. The number of carbonyl (C=O) groups excluding carboxylic acids is 1. The summed E-state index contributed by atoms with van der Waals surface area (Å²) in [5, 5.41) is 7.68. The van der Waals surface area contributed by atoms with Gasteiger partial charge in [-0.05, 0) is 55.3 Å². The van der Waals surface area contributed by atoms with Gasteiger partial charge in [-0.2, -0.15) is 4.31 Å². The second-order valence-electron chi connectivity index (χ2n) is 7.35. The van der Waals surface area contributed by atoms with Crippen molar-refractivity contribution in [2.24, 2.45) is 0 Å². The van der Waals surface area contributed by atoms with E-state index in [0.29, 0.717) is 43.3 Å². The van der Waals surface area contributed by atoms with Crippen molar-refractivity contribution in [2.75, 3.05) is 31.6 Å². The number of sulfonamides is 1. The van der Waals surface area contributed by atoms with Crippen LogP contribution in [0, 0.1) is 13.8 Å². The normalized spacial score (nSPS) is 15.4. The third kappa shape index (κ3) is 4.09. The van der Waals surface area contributed by atoms with E-state index >= 15 is 0 Å². The van der Waals surface area contributed by atoms with Gasteiger partial charge in [0.05, 0.1) is 24.5 Å². The van der Waals surface area contributed by atoms with Crippen LogP contribution in [0.25, 0.3) is 11.0 Å². The molecule has 1 aliphatic heterocycles. The SMILES string of the molecule is Cc1cc(C)c2c(CC(=O)Nc3ccc(S(=O)(=O)N4CCOCC4)cc3)noc2c1. The van der Waals surface area contributed by atoms with Crippen LogP contribution in [0.4, 0.5) is 5.69 Å². The van der Waals surface area contributed by atoms with Crippen LogP contribution in [0.1, 0.15) is 16.8 Å². The molecule has 4 rings (SSSR count). The number of hydrogen-bond donors (Lipinski definition) is 1. The van der Waals surface area contributed by atoms with E-state index in [1.54, 1.807) is 12.1 Å². The largest absolute Gasteiger partial charge is 0.379 e. The molecule has 1 aromatic heterocycles. The molecule has 1 aliphatic rings. The van der Waals surface area contributed by atoms with Crippen LogP contribution in [-0.4, -0.2) is 50.1 Å². The average molecular weight is 429 g/mol. The number of anilines is 1. The minimum absolute atomic E-state index is 0.0602. The first-order valence-corrected chi connectivity index (χ1v) is 11.1. The van der Waals surface area contributed by atoms with Gasteiger partial charge < -0.3 is 14.6 Å². The first-order chi connectivity index (χ1) is 14.3. The summed E-state index contributed by atoms with van der Waals surface area (Å²) < 4.78 is 37.3. The van der Waals surface area contributed by atoms with E-state index in [9.17, 15) is 13.2 Å². The van der Waals surface area contributed by atoms with E-state index in [1.807, 2.05) is 26.0 Å². The van der Waals surface area contributed by atoms with Crippen molar-refractivity contribution in [3.8, 4) is 0 Å². The molecule has 8 nitrogen and oxygen atoms in total. The Morgan fingerprint density at radius 1 is 1.13 bits per heavy atom. The van der Waals surface area contributed by atoms with Gasteiger partial charge >= 0.3 is 0 Å². The molecule has 0 radical (unpaired) electrons. The van der Waals surface area contributed by atoms with E-state index in [-0.39, 0.29) is 17.2 Å². The lowest BCUT2D eigenvalue weighted by Crippen LogP contribution is -2.40. The predicted octanol–water partition coefficient (Wildman–Crippen LogP) is 2.65. The van der Waals surface area contributed by atoms with E-state index < -0.39 is 10.0 Å². The van der Waals surface area contributed by atoms with Crippen LogP contribution >= 0.6 is 0 Å². The molecule has 30 heavy (non-hydrogen) atoms. The number of rotatable bonds is 5. The van der Waals surface area contributed by atoms with Gasteiger partial charge in [-0.1, -0.05) is 11.2 Å². The number of benzene rings is 2. The molecular weight excluding hydrogens is 406 g/mol. The molecule has 1 fully saturated rings. The summed E-state index contributed by atoms with van der Waals surface area (Å²) in [7, 11) is -3.56. The second-order valence-corrected chi connectivity index (χ2v) is 9.29. The third-order valence-corrected chi connectivity index (χ3v) is 6.97. The fourth-order valence-electron chi connectivity index (χ4n) is 3.64. The molecule has 3 aromatic rings. The fraction of sp³-hybridized carbons (Fsp3) is 0.333. The van der Waals surface area contributed by atoms with Gasteiger partial charge in [-0.3, -0.25) is 4.79 Å². The maximum absolute atomic E-state index is 12.7. The molecule has 1 saturated heterocycles. The summed E-state index contributed by atoms with van der Waals surface area (Å²) in [6.07, 6.45) is 0.0602. The van der Waals surface area contributed by atoms with Gasteiger partial charge in [0.1, 0.15) is 5.69 Å². The summed E-state index contributed by atoms with van der Waals surface area (Å²) in [6.45, 7) is 5.40. The highest BCUT2D eigenvalue weighted by molar-refractivity contribution is 7.89. The highest BCUT2D eigenvalue weighted by atomic mass is 32.2. The number of hydrogen-bond acceptors (Lipinski definition) is 6. The van der Waals surface area contributed by atoms with Gasteiger partial charge in [0.25, 0.3) is 0 Å². The highest BCUT2D eigenvalue weighted by Crippen LogP contribution is 2.25. The summed E-state index contributed by atoms with van der Waals surface area (Å²) in [5.74, 6) is -0.256.